The van der Waals surface area contributed by atoms with Crippen LogP contribution < -0.4 is 21.8 Å². The zero-order valence-electron chi connectivity index (χ0n) is 35.7. The number of nitrogens with one attached hydrogen (secondary N) is 3. The molecular formula is C34H57N4O27P. The van der Waals surface area contributed by atoms with Gasteiger partial charge in [0, 0.05) is 21.0 Å². The third-order valence-corrected chi connectivity index (χ3v) is 11.7. The number of aliphatic hydroxyl groups excluding tert-OH is 7. The van der Waals surface area contributed by atoms with Crippen molar-refractivity contribution in [3.05, 3.63) is 0 Å². The Balaban J connectivity index is 1.81. The van der Waals surface area contributed by atoms with Gasteiger partial charge in [0.05, 0.1) is 19.3 Å². The van der Waals surface area contributed by atoms with Crippen molar-refractivity contribution < 1.29 is 131 Å². The van der Waals surface area contributed by atoms with Crippen LogP contribution in [0.25, 0.3) is 0 Å². The Morgan fingerprint density at radius 3 is 1.95 bits per heavy atom. The molecule has 4 aliphatic heterocycles. The van der Waals surface area contributed by atoms with Gasteiger partial charge in [-0.05, 0) is 13.8 Å². The molecule has 0 radical (unpaired) electrons. The Kier molecular flexibility index (Phi) is 20.0. The molecule has 4 heterocycles. The summed E-state index contributed by atoms with van der Waals surface area (Å²) >= 11 is 0. The van der Waals surface area contributed by atoms with Crippen molar-refractivity contribution in [2.24, 2.45) is 5.73 Å². The molecule has 4 aliphatic rings. The summed E-state index contributed by atoms with van der Waals surface area (Å²) in [6.45, 7) is 1.29. The minimum atomic E-state index is -5.50. The van der Waals surface area contributed by atoms with Crippen LogP contribution >= 0.6 is 7.82 Å². The lowest BCUT2D eigenvalue weighted by Gasteiger charge is -2.52. The van der Waals surface area contributed by atoms with Crippen molar-refractivity contribution in [2.75, 3.05) is 26.9 Å². The monoisotopic (exact) mass is 984 g/mol. The highest BCUT2D eigenvalue weighted by Crippen LogP contribution is 2.48. The fraction of sp³-hybridized carbons (Fsp3) is 0.853. The molecule has 0 aromatic rings. The zero-order valence-corrected chi connectivity index (χ0v) is 36.6. The molecule has 21 unspecified atom stereocenters. The highest BCUT2D eigenvalue weighted by Gasteiger charge is 2.61. The number of phosphoric acid groups is 1. The first-order valence-electron chi connectivity index (χ1n) is 19.8. The lowest BCUT2D eigenvalue weighted by molar-refractivity contribution is -0.365. The SMILES string of the molecule is CO[C@H](COP(=O)(O)OC1OC(C(N)=O)C(C)(O)C(NOC=O)C1OC1OC(COC2OC(CO)C(O)C(O)C2O)C(OC2OC(C)C(O)C(O)C2NC(C)=O)C(O)C1NC(C)=O)OC=O. The van der Waals surface area contributed by atoms with E-state index in [-0.39, 0.29) is 12.9 Å². The van der Waals surface area contributed by atoms with Gasteiger partial charge < -0.3 is 110 Å². The molecule has 4 saturated heterocycles. The Morgan fingerprint density at radius 1 is 0.803 bits per heavy atom. The lowest BCUT2D eigenvalue weighted by Crippen LogP contribution is -2.74. The maximum Gasteiger partial charge on any atom is 0.474 e. The topological polar surface area (TPSA) is 457 Å². The van der Waals surface area contributed by atoms with E-state index in [1.54, 1.807) is 0 Å². The number of rotatable bonds is 22. The van der Waals surface area contributed by atoms with Crippen LogP contribution in [-0.2, 0) is 85.1 Å². The molecule has 32 heteroatoms. The molecule has 14 N–H and O–H groups in total. The van der Waals surface area contributed by atoms with Crippen LogP contribution in [-0.4, -0.2) is 232 Å². The van der Waals surface area contributed by atoms with Crippen molar-refractivity contribution in [1.29, 1.82) is 0 Å². The maximum absolute atomic E-state index is 13.3. The Bertz CT molecular complexity index is 1690. The van der Waals surface area contributed by atoms with Gasteiger partial charge in [0.1, 0.15) is 91.4 Å². The Labute approximate surface area is 374 Å². The summed E-state index contributed by atoms with van der Waals surface area (Å²) < 4.78 is 73.6. The third-order valence-electron chi connectivity index (χ3n) is 10.7. The molecule has 0 saturated carbocycles. The quantitative estimate of drug-likeness (QED) is 0.0207. The van der Waals surface area contributed by atoms with E-state index in [1.165, 1.54) is 6.92 Å². The highest BCUT2D eigenvalue weighted by atomic mass is 31.2. The predicted octanol–water partition coefficient (Wildman–Crippen LogP) is -8.58. The van der Waals surface area contributed by atoms with Crippen molar-refractivity contribution in [3.8, 4) is 0 Å². The first-order valence-corrected chi connectivity index (χ1v) is 21.3. The molecule has 380 valence electrons. The van der Waals surface area contributed by atoms with Gasteiger partial charge in [-0.3, -0.25) is 33.0 Å². The number of phosphoric ester groups is 1. The van der Waals surface area contributed by atoms with Gasteiger partial charge in [-0.15, -0.1) is 5.48 Å². The second-order valence-corrected chi connectivity index (χ2v) is 16.9. The average molecular weight is 985 g/mol. The van der Waals surface area contributed by atoms with Crippen LogP contribution in [0.4, 0.5) is 0 Å². The van der Waals surface area contributed by atoms with Crippen LogP contribution in [0.3, 0.4) is 0 Å². The predicted molar refractivity (Wildman–Crippen MR) is 203 cm³/mol. The van der Waals surface area contributed by atoms with Gasteiger partial charge in [-0.25, -0.2) is 4.57 Å². The minimum Gasteiger partial charge on any atom is -0.435 e. The molecule has 66 heavy (non-hydrogen) atoms. The van der Waals surface area contributed by atoms with Crippen LogP contribution in [0, 0.1) is 0 Å². The van der Waals surface area contributed by atoms with E-state index in [9.17, 15) is 74.3 Å². The second-order valence-electron chi connectivity index (χ2n) is 15.5. The number of carbonyl (C=O) groups excluding carboxylic acids is 5. The Morgan fingerprint density at radius 2 is 1.39 bits per heavy atom. The van der Waals surface area contributed by atoms with E-state index in [0.717, 1.165) is 27.9 Å². The molecule has 0 aromatic heterocycles. The molecule has 0 aliphatic carbocycles. The minimum absolute atomic E-state index is 0.0721. The van der Waals surface area contributed by atoms with E-state index < -0.39 is 174 Å². The molecule has 3 amide bonds. The standard InChI is InChI=1S/C34H57N4O27P/c1-11-19(44)21(46)17(36-12(2)42)30(59-11)62-25-15(7-55-32-24(49)23(48)20(45)14(6-39)60-32)61-31(18(22(25)47)37-13(3)43)63-26-27(38-57-10-41)34(4,51)28(29(35)50)64-33(26)65-66(52,53)58-8-16(54-5)56-9-40/h9-11,14-28,30-33,38-39,44-49,51H,6-8H2,1-5H3,(H2,35,50)(H,36,42)(H,37,43)(H,52,53)/t11?,14?,15?,16-,17?,18?,19?,20?,21?,22?,23?,24?,25?,26?,27?,28?,30?,31?,32?,33?,34?/m0/s1. The summed E-state index contributed by atoms with van der Waals surface area (Å²) in [5.41, 5.74) is 4.94. The van der Waals surface area contributed by atoms with E-state index in [0.29, 0.717) is 0 Å². The lowest BCUT2D eigenvalue weighted by atomic mass is 9.83. The molecule has 0 aromatic carbocycles. The average Bonchev–Trinajstić information content (AvgIpc) is 3.24. The summed E-state index contributed by atoms with van der Waals surface area (Å²) in [6, 6.07) is -5.45. The first-order chi connectivity index (χ1) is 30.9. The number of amides is 3. The number of hydroxylamine groups is 1. The summed E-state index contributed by atoms with van der Waals surface area (Å²) in [7, 11) is -4.46. The first kappa shape index (κ1) is 55.4. The van der Waals surface area contributed by atoms with Crippen molar-refractivity contribution >= 4 is 38.5 Å². The largest absolute Gasteiger partial charge is 0.474 e. The number of hydrogen-bond donors (Lipinski definition) is 13. The summed E-state index contributed by atoms with van der Waals surface area (Å²) in [5.74, 6) is -3.05. The maximum atomic E-state index is 13.3. The summed E-state index contributed by atoms with van der Waals surface area (Å²) in [6.07, 6.45) is -31.7. The van der Waals surface area contributed by atoms with E-state index in [1.807, 2.05) is 0 Å². The van der Waals surface area contributed by atoms with E-state index in [2.05, 4.69) is 25.7 Å². The molecule has 4 rings (SSSR count). The van der Waals surface area contributed by atoms with Gasteiger partial charge >= 0.3 is 14.3 Å². The fourth-order valence-corrected chi connectivity index (χ4v) is 8.18. The van der Waals surface area contributed by atoms with Crippen molar-refractivity contribution in [1.82, 2.24) is 16.1 Å². The molecule has 0 bridgehead atoms. The smallest absolute Gasteiger partial charge is 0.435 e. The van der Waals surface area contributed by atoms with Gasteiger partial charge in [-0.2, -0.15) is 0 Å². The number of ether oxygens (including phenoxy) is 9. The van der Waals surface area contributed by atoms with E-state index >= 15 is 0 Å². The molecule has 31 nitrogen and oxygen atoms in total. The number of carbonyl (C=O) groups is 5. The third kappa shape index (κ3) is 13.3. The summed E-state index contributed by atoms with van der Waals surface area (Å²) in [4.78, 5) is 75.3. The van der Waals surface area contributed by atoms with Gasteiger partial charge in [-0.1, -0.05) is 0 Å². The molecule has 22 atom stereocenters. The van der Waals surface area contributed by atoms with Crippen LogP contribution in [0.5, 0.6) is 0 Å². The van der Waals surface area contributed by atoms with Crippen LogP contribution in [0.2, 0.25) is 0 Å². The summed E-state index contributed by atoms with van der Waals surface area (Å²) in [5, 5.41) is 91.2. The molecule has 0 spiro atoms. The van der Waals surface area contributed by atoms with E-state index in [4.69, 9.17) is 52.7 Å². The van der Waals surface area contributed by atoms with Gasteiger partial charge in [0.2, 0.25) is 24.0 Å². The normalized spacial score (nSPS) is 41.9. The van der Waals surface area contributed by atoms with Crippen LogP contribution in [0.1, 0.15) is 27.7 Å². The zero-order chi connectivity index (χ0) is 49.4. The second kappa shape index (κ2) is 23.9. The number of nitrogens with two attached hydrogens (primary N) is 1. The van der Waals surface area contributed by atoms with Crippen LogP contribution in [0.15, 0.2) is 0 Å². The fourth-order valence-electron chi connectivity index (χ4n) is 7.38. The Hall–Kier alpha value is -3.22. The van der Waals surface area contributed by atoms with Crippen molar-refractivity contribution in [3.63, 3.8) is 0 Å². The van der Waals surface area contributed by atoms with Gasteiger partial charge in [0.15, 0.2) is 31.3 Å². The highest BCUT2D eigenvalue weighted by molar-refractivity contribution is 7.47. The van der Waals surface area contributed by atoms with Crippen molar-refractivity contribution in [2.45, 2.75) is 156 Å². The number of primary amides is 1. The number of methoxy groups -OCH3 is 1. The van der Waals surface area contributed by atoms with Gasteiger partial charge in [0.25, 0.3) is 6.47 Å². The molecular weight excluding hydrogens is 927 g/mol. The number of hydrogen-bond acceptors (Lipinski definition) is 27. The number of aliphatic hydroxyl groups is 8. The molecule has 4 fully saturated rings.